The van der Waals surface area contributed by atoms with Crippen LogP contribution in [0.3, 0.4) is 0 Å². The zero-order valence-corrected chi connectivity index (χ0v) is 18.3. The third kappa shape index (κ3) is 5.16. The van der Waals surface area contributed by atoms with Gasteiger partial charge in [-0.3, -0.25) is 20.4 Å². The zero-order chi connectivity index (χ0) is 23.2. The first-order valence-corrected chi connectivity index (χ1v) is 10.3. The molecule has 10 heteroatoms. The van der Waals surface area contributed by atoms with Gasteiger partial charge in [0.1, 0.15) is 11.4 Å². The maximum atomic E-state index is 12.7. The van der Waals surface area contributed by atoms with Gasteiger partial charge in [0, 0.05) is 11.1 Å². The van der Waals surface area contributed by atoms with E-state index in [9.17, 15) is 9.59 Å². The van der Waals surface area contributed by atoms with Gasteiger partial charge in [-0.15, -0.1) is 0 Å². The van der Waals surface area contributed by atoms with Crippen LogP contribution in [0.25, 0.3) is 17.1 Å². The third-order valence-electron chi connectivity index (χ3n) is 4.65. The molecule has 2 heterocycles. The number of ether oxygens (including phenoxy) is 1. The molecule has 0 aliphatic carbocycles. The van der Waals surface area contributed by atoms with Crippen LogP contribution in [0.5, 0.6) is 5.75 Å². The Hall–Kier alpha value is -4.24. The second kappa shape index (κ2) is 9.92. The van der Waals surface area contributed by atoms with Gasteiger partial charge >= 0.3 is 0 Å². The Balaban J connectivity index is 1.44. The summed E-state index contributed by atoms with van der Waals surface area (Å²) >= 11 is 5.98. The number of carbonyl (C=O) groups excluding carboxylic acids is 2. The Morgan fingerprint density at radius 3 is 2.58 bits per heavy atom. The molecule has 0 aliphatic rings. The van der Waals surface area contributed by atoms with Crippen molar-refractivity contribution in [3.8, 4) is 22.9 Å². The SMILES string of the molecule is COc1ccccc1NCC(=O)NNC(=O)c1cc(-c2ccco2)n(-c2ccc(Cl)cc2)n1. The molecule has 4 aromatic rings. The molecule has 4 rings (SSSR count). The van der Waals surface area contributed by atoms with Gasteiger partial charge in [-0.2, -0.15) is 5.10 Å². The fraction of sp³-hybridized carbons (Fsp3) is 0.0870. The molecule has 9 nitrogen and oxygen atoms in total. The van der Waals surface area contributed by atoms with E-state index >= 15 is 0 Å². The van der Waals surface area contributed by atoms with E-state index < -0.39 is 11.8 Å². The molecule has 0 fully saturated rings. The fourth-order valence-corrected chi connectivity index (χ4v) is 3.20. The molecular formula is C23H20ClN5O4. The first-order valence-electron chi connectivity index (χ1n) is 9.91. The van der Waals surface area contributed by atoms with E-state index in [4.69, 9.17) is 20.8 Å². The molecular weight excluding hydrogens is 446 g/mol. The summed E-state index contributed by atoms with van der Waals surface area (Å²) in [6.07, 6.45) is 1.53. The molecule has 0 bridgehead atoms. The highest BCUT2D eigenvalue weighted by Crippen LogP contribution is 2.25. The highest BCUT2D eigenvalue weighted by Gasteiger charge is 2.19. The molecule has 0 unspecified atom stereocenters. The minimum absolute atomic E-state index is 0.0719. The molecule has 2 aromatic carbocycles. The maximum Gasteiger partial charge on any atom is 0.290 e. The van der Waals surface area contributed by atoms with Crippen molar-refractivity contribution in [2.45, 2.75) is 0 Å². The van der Waals surface area contributed by atoms with E-state index in [1.54, 1.807) is 66.4 Å². The van der Waals surface area contributed by atoms with Crippen LogP contribution in [0.2, 0.25) is 5.02 Å². The van der Waals surface area contributed by atoms with E-state index in [2.05, 4.69) is 21.3 Å². The Morgan fingerprint density at radius 2 is 1.85 bits per heavy atom. The molecule has 33 heavy (non-hydrogen) atoms. The number of aromatic nitrogens is 2. The molecule has 168 valence electrons. The van der Waals surface area contributed by atoms with Crippen molar-refractivity contribution < 1.29 is 18.7 Å². The van der Waals surface area contributed by atoms with Crippen molar-refractivity contribution in [2.24, 2.45) is 0 Å². The van der Waals surface area contributed by atoms with Crippen molar-refractivity contribution in [2.75, 3.05) is 19.0 Å². The second-order valence-electron chi connectivity index (χ2n) is 6.84. The summed E-state index contributed by atoms with van der Waals surface area (Å²) in [4.78, 5) is 24.8. The number of nitrogens with one attached hydrogen (secondary N) is 3. The number of furan rings is 1. The Labute approximate surface area is 194 Å². The van der Waals surface area contributed by atoms with Gasteiger partial charge in [0.2, 0.25) is 0 Å². The summed E-state index contributed by atoms with van der Waals surface area (Å²) in [7, 11) is 1.54. The van der Waals surface area contributed by atoms with Crippen LogP contribution in [0.15, 0.2) is 77.4 Å². The highest BCUT2D eigenvalue weighted by molar-refractivity contribution is 6.30. The number of halogens is 1. The molecule has 0 saturated heterocycles. The van der Waals surface area contributed by atoms with Crippen molar-refractivity contribution in [1.29, 1.82) is 0 Å². The molecule has 0 atom stereocenters. The monoisotopic (exact) mass is 465 g/mol. The van der Waals surface area contributed by atoms with Gasteiger partial charge in [0.15, 0.2) is 11.5 Å². The van der Waals surface area contributed by atoms with Crippen LogP contribution in [0, 0.1) is 0 Å². The number of hydrogen-bond donors (Lipinski definition) is 3. The van der Waals surface area contributed by atoms with E-state index in [1.165, 1.54) is 6.26 Å². The lowest BCUT2D eigenvalue weighted by atomic mass is 10.2. The van der Waals surface area contributed by atoms with Crippen LogP contribution in [0.4, 0.5) is 5.69 Å². The lowest BCUT2D eigenvalue weighted by molar-refractivity contribution is -0.120. The lowest BCUT2D eigenvalue weighted by Gasteiger charge is -2.11. The van der Waals surface area contributed by atoms with Crippen LogP contribution < -0.4 is 20.9 Å². The van der Waals surface area contributed by atoms with Gasteiger partial charge in [0.25, 0.3) is 11.8 Å². The third-order valence-corrected chi connectivity index (χ3v) is 4.90. The Bertz CT molecular complexity index is 1250. The fourth-order valence-electron chi connectivity index (χ4n) is 3.07. The second-order valence-corrected chi connectivity index (χ2v) is 7.27. The Morgan fingerprint density at radius 1 is 1.06 bits per heavy atom. The van der Waals surface area contributed by atoms with Crippen molar-refractivity contribution in [1.82, 2.24) is 20.6 Å². The summed E-state index contributed by atoms with van der Waals surface area (Å²) in [6, 6.07) is 19.3. The van der Waals surface area contributed by atoms with Crippen molar-refractivity contribution in [3.05, 3.63) is 83.7 Å². The van der Waals surface area contributed by atoms with E-state index in [0.717, 1.165) is 0 Å². The van der Waals surface area contributed by atoms with E-state index in [1.807, 2.05) is 12.1 Å². The molecule has 0 saturated carbocycles. The number of carbonyl (C=O) groups is 2. The molecule has 2 aromatic heterocycles. The quantitative estimate of drug-likeness (QED) is 0.359. The molecule has 0 spiro atoms. The molecule has 3 N–H and O–H groups in total. The largest absolute Gasteiger partial charge is 0.495 e. The number of rotatable bonds is 7. The van der Waals surface area contributed by atoms with Crippen LogP contribution >= 0.6 is 11.6 Å². The summed E-state index contributed by atoms with van der Waals surface area (Å²) in [6.45, 7) is -0.0719. The number of benzene rings is 2. The number of hydrazine groups is 1. The molecule has 2 amide bonds. The zero-order valence-electron chi connectivity index (χ0n) is 17.5. The van der Waals surface area contributed by atoms with Crippen molar-refractivity contribution >= 4 is 29.1 Å². The van der Waals surface area contributed by atoms with Gasteiger partial charge in [-0.25, -0.2) is 4.68 Å². The minimum Gasteiger partial charge on any atom is -0.495 e. The summed E-state index contributed by atoms with van der Waals surface area (Å²) in [5.74, 6) is 0.105. The minimum atomic E-state index is -0.582. The Kier molecular flexibility index (Phi) is 6.61. The molecule has 0 aliphatic heterocycles. The highest BCUT2D eigenvalue weighted by atomic mass is 35.5. The number of anilines is 1. The predicted molar refractivity (Wildman–Crippen MR) is 123 cm³/mol. The number of hydrogen-bond acceptors (Lipinski definition) is 6. The summed E-state index contributed by atoms with van der Waals surface area (Å²) in [5.41, 5.74) is 6.75. The van der Waals surface area contributed by atoms with Crippen LogP contribution in [-0.2, 0) is 4.79 Å². The smallest absolute Gasteiger partial charge is 0.290 e. The first kappa shape index (κ1) is 22.0. The summed E-state index contributed by atoms with van der Waals surface area (Å²) in [5, 5.41) is 7.91. The number of para-hydroxylation sites is 2. The predicted octanol–water partition coefficient (Wildman–Crippen LogP) is 3.67. The first-order chi connectivity index (χ1) is 16.0. The average Bonchev–Trinajstić information content (AvgIpc) is 3.52. The maximum absolute atomic E-state index is 12.7. The van der Waals surface area contributed by atoms with Gasteiger partial charge in [0.05, 0.1) is 31.3 Å². The standard InChI is InChI=1S/C23H20ClN5O4/c1-32-20-6-3-2-5-17(20)25-14-22(30)26-27-23(31)18-13-19(21-7-4-12-33-21)29(28-18)16-10-8-15(24)9-11-16/h2-13,25H,14H2,1H3,(H,26,30)(H,27,31). The number of methoxy groups -OCH3 is 1. The average molecular weight is 466 g/mol. The normalized spacial score (nSPS) is 10.5. The van der Waals surface area contributed by atoms with E-state index in [0.29, 0.717) is 33.6 Å². The van der Waals surface area contributed by atoms with Gasteiger partial charge in [-0.05, 0) is 48.5 Å². The summed E-state index contributed by atoms with van der Waals surface area (Å²) < 4.78 is 12.3. The van der Waals surface area contributed by atoms with Crippen molar-refractivity contribution in [3.63, 3.8) is 0 Å². The van der Waals surface area contributed by atoms with E-state index in [-0.39, 0.29) is 12.2 Å². The van der Waals surface area contributed by atoms with Gasteiger partial charge in [-0.1, -0.05) is 23.7 Å². The number of amides is 2. The topological polar surface area (TPSA) is 110 Å². The lowest BCUT2D eigenvalue weighted by Crippen LogP contribution is -2.44. The van der Waals surface area contributed by atoms with Crippen LogP contribution in [-0.4, -0.2) is 35.2 Å². The molecule has 0 radical (unpaired) electrons. The van der Waals surface area contributed by atoms with Crippen LogP contribution in [0.1, 0.15) is 10.5 Å². The number of nitrogens with zero attached hydrogens (tertiary/aromatic N) is 2. The van der Waals surface area contributed by atoms with Gasteiger partial charge < -0.3 is 14.5 Å².